The van der Waals surface area contributed by atoms with Crippen LogP contribution in [0.2, 0.25) is 0 Å². The molecular weight excluding hydrogens is 318 g/mol. The molecule has 1 aliphatic heterocycles. The van der Waals surface area contributed by atoms with Crippen LogP contribution in [-0.2, 0) is 4.74 Å². The minimum Gasteiger partial charge on any atom is -0.376 e. The van der Waals surface area contributed by atoms with Crippen molar-refractivity contribution < 1.29 is 9.53 Å². The van der Waals surface area contributed by atoms with Crippen LogP contribution in [-0.4, -0.2) is 35.1 Å². The Balaban J connectivity index is 1.69. The van der Waals surface area contributed by atoms with E-state index in [4.69, 9.17) is 10.00 Å². The summed E-state index contributed by atoms with van der Waals surface area (Å²) in [5, 5.41) is 14.8. The van der Waals surface area contributed by atoms with Gasteiger partial charge in [0.15, 0.2) is 0 Å². The molecule has 7 heteroatoms. The Morgan fingerprint density at radius 2 is 2.28 bits per heavy atom. The number of aryl methyl sites for hydroxylation is 1. The van der Waals surface area contributed by atoms with E-state index in [-0.39, 0.29) is 17.7 Å². The molecule has 1 aliphatic rings. The van der Waals surface area contributed by atoms with E-state index in [1.54, 1.807) is 30.3 Å². The summed E-state index contributed by atoms with van der Waals surface area (Å²) >= 11 is 0. The van der Waals surface area contributed by atoms with E-state index in [9.17, 15) is 4.79 Å². The van der Waals surface area contributed by atoms with Crippen LogP contribution in [0.15, 0.2) is 30.3 Å². The lowest BCUT2D eigenvalue weighted by molar-refractivity contribution is 0.102. The average molecular weight is 337 g/mol. The van der Waals surface area contributed by atoms with Crippen LogP contribution >= 0.6 is 0 Å². The fourth-order valence-corrected chi connectivity index (χ4v) is 2.64. The van der Waals surface area contributed by atoms with Gasteiger partial charge in [-0.05, 0) is 44.0 Å². The number of ether oxygens (including phenoxy) is 1. The summed E-state index contributed by atoms with van der Waals surface area (Å²) in [5.74, 6) is 0.0622. The molecule has 3 rings (SSSR count). The molecule has 2 heterocycles. The van der Waals surface area contributed by atoms with Crippen molar-refractivity contribution >= 4 is 17.5 Å². The summed E-state index contributed by atoms with van der Waals surface area (Å²) in [4.78, 5) is 21.0. The van der Waals surface area contributed by atoms with Gasteiger partial charge >= 0.3 is 0 Å². The summed E-state index contributed by atoms with van der Waals surface area (Å²) in [6.45, 7) is 3.22. The largest absolute Gasteiger partial charge is 0.376 e. The molecule has 0 saturated carbocycles. The Hall–Kier alpha value is -2.98. The molecule has 1 aromatic carbocycles. The maximum absolute atomic E-state index is 12.4. The first-order valence-electron chi connectivity index (χ1n) is 8.17. The van der Waals surface area contributed by atoms with E-state index in [0.717, 1.165) is 19.4 Å². The second-order valence-corrected chi connectivity index (χ2v) is 5.88. The van der Waals surface area contributed by atoms with Gasteiger partial charge in [-0.1, -0.05) is 6.07 Å². The monoisotopic (exact) mass is 337 g/mol. The molecule has 0 spiro atoms. The van der Waals surface area contributed by atoms with Crippen LogP contribution in [0.3, 0.4) is 0 Å². The third kappa shape index (κ3) is 4.52. The number of rotatable bonds is 5. The molecule has 128 valence electrons. The number of hydrogen-bond acceptors (Lipinski definition) is 6. The van der Waals surface area contributed by atoms with E-state index in [1.165, 1.54) is 0 Å². The molecule has 2 N–H and O–H groups in total. The highest BCUT2D eigenvalue weighted by atomic mass is 16.5. The average Bonchev–Trinajstić information content (AvgIpc) is 3.13. The summed E-state index contributed by atoms with van der Waals surface area (Å²) in [7, 11) is 0. The van der Waals surface area contributed by atoms with Crippen LogP contribution in [0.1, 0.15) is 34.6 Å². The molecule has 0 bridgehead atoms. The molecule has 1 atom stereocenters. The number of nitrogens with one attached hydrogen (secondary N) is 2. The lowest BCUT2D eigenvalue weighted by atomic mass is 10.2. The normalized spacial score (nSPS) is 16.2. The number of anilines is 2. The fourth-order valence-electron chi connectivity index (χ4n) is 2.64. The van der Waals surface area contributed by atoms with E-state index in [0.29, 0.717) is 29.4 Å². The van der Waals surface area contributed by atoms with E-state index < -0.39 is 0 Å². The molecule has 1 aromatic heterocycles. The van der Waals surface area contributed by atoms with Crippen LogP contribution in [0.5, 0.6) is 0 Å². The van der Waals surface area contributed by atoms with E-state index in [2.05, 4.69) is 20.6 Å². The van der Waals surface area contributed by atoms with Crippen LogP contribution in [0.4, 0.5) is 11.6 Å². The quantitative estimate of drug-likeness (QED) is 0.869. The first-order valence-corrected chi connectivity index (χ1v) is 8.17. The predicted octanol–water partition coefficient (Wildman–Crippen LogP) is 2.50. The maximum atomic E-state index is 12.4. The number of benzene rings is 1. The molecular formula is C18H19N5O2. The Kier molecular flexibility index (Phi) is 5.21. The summed E-state index contributed by atoms with van der Waals surface area (Å²) in [5.41, 5.74) is 2.00. The van der Waals surface area contributed by atoms with Gasteiger partial charge in [0.05, 0.1) is 17.7 Å². The Morgan fingerprint density at radius 3 is 3.04 bits per heavy atom. The van der Waals surface area contributed by atoms with Crippen molar-refractivity contribution in [3.05, 3.63) is 47.3 Å². The Morgan fingerprint density at radius 1 is 1.40 bits per heavy atom. The van der Waals surface area contributed by atoms with Gasteiger partial charge in [-0.25, -0.2) is 9.97 Å². The van der Waals surface area contributed by atoms with Gasteiger partial charge in [0.2, 0.25) is 5.95 Å². The minimum absolute atomic E-state index is 0.162. The highest BCUT2D eigenvalue weighted by Crippen LogP contribution is 2.14. The van der Waals surface area contributed by atoms with Crippen molar-refractivity contribution in [1.29, 1.82) is 5.26 Å². The number of hydrogen-bond donors (Lipinski definition) is 2. The third-order valence-corrected chi connectivity index (χ3v) is 3.85. The van der Waals surface area contributed by atoms with Crippen molar-refractivity contribution in [2.24, 2.45) is 0 Å². The summed E-state index contributed by atoms with van der Waals surface area (Å²) in [6.07, 6.45) is 2.24. The zero-order valence-electron chi connectivity index (χ0n) is 14.0. The molecule has 25 heavy (non-hydrogen) atoms. The van der Waals surface area contributed by atoms with Crippen LogP contribution in [0.25, 0.3) is 0 Å². The molecule has 2 aromatic rings. The molecule has 0 radical (unpaired) electrons. The fraction of sp³-hybridized carbons (Fsp3) is 0.333. The Labute approximate surface area is 146 Å². The second kappa shape index (κ2) is 7.73. The van der Waals surface area contributed by atoms with Crippen molar-refractivity contribution in [2.75, 3.05) is 23.8 Å². The van der Waals surface area contributed by atoms with Gasteiger partial charge in [0.1, 0.15) is 5.69 Å². The number of amides is 1. The lowest BCUT2D eigenvalue weighted by Crippen LogP contribution is -2.21. The number of nitrogens with zero attached hydrogens (tertiary/aromatic N) is 3. The van der Waals surface area contributed by atoms with Crippen molar-refractivity contribution in [1.82, 2.24) is 9.97 Å². The smallest absolute Gasteiger partial charge is 0.274 e. The van der Waals surface area contributed by atoms with Gasteiger partial charge in [-0.3, -0.25) is 4.79 Å². The Bertz CT molecular complexity index is 809. The van der Waals surface area contributed by atoms with Crippen molar-refractivity contribution in [2.45, 2.75) is 25.9 Å². The van der Waals surface area contributed by atoms with Gasteiger partial charge in [0.25, 0.3) is 5.91 Å². The molecule has 0 aliphatic carbocycles. The third-order valence-electron chi connectivity index (χ3n) is 3.85. The van der Waals surface area contributed by atoms with Gasteiger partial charge < -0.3 is 15.4 Å². The minimum atomic E-state index is -0.347. The van der Waals surface area contributed by atoms with E-state index >= 15 is 0 Å². The molecule has 1 unspecified atom stereocenters. The lowest BCUT2D eigenvalue weighted by Gasteiger charge is -2.12. The molecule has 7 nitrogen and oxygen atoms in total. The topological polar surface area (TPSA) is 99.9 Å². The van der Waals surface area contributed by atoms with Crippen molar-refractivity contribution in [3.8, 4) is 6.07 Å². The molecule has 1 saturated heterocycles. The highest BCUT2D eigenvalue weighted by Gasteiger charge is 2.16. The van der Waals surface area contributed by atoms with Gasteiger partial charge in [-0.15, -0.1) is 0 Å². The number of carbonyl (C=O) groups excluding carboxylic acids is 1. The number of aromatic nitrogens is 2. The van der Waals surface area contributed by atoms with E-state index in [1.807, 2.05) is 13.0 Å². The first kappa shape index (κ1) is 16.9. The summed E-state index contributed by atoms with van der Waals surface area (Å²) in [6, 6.07) is 10.4. The molecule has 1 amide bonds. The predicted molar refractivity (Wildman–Crippen MR) is 93.3 cm³/mol. The molecule has 1 fully saturated rings. The second-order valence-electron chi connectivity index (χ2n) is 5.88. The zero-order valence-corrected chi connectivity index (χ0v) is 14.0. The first-order chi connectivity index (χ1) is 12.1. The standard InChI is InChI=1S/C18H19N5O2/c1-12-8-16(17(24)22-14-5-2-4-13(9-14)10-19)23-18(21-12)20-11-15-6-3-7-25-15/h2,4-5,8-9,15H,3,6-7,11H2,1H3,(H,22,24)(H,20,21,23). The number of nitriles is 1. The van der Waals surface area contributed by atoms with Crippen molar-refractivity contribution in [3.63, 3.8) is 0 Å². The van der Waals surface area contributed by atoms with Crippen LogP contribution in [0, 0.1) is 18.3 Å². The van der Waals surface area contributed by atoms with Gasteiger partial charge in [0, 0.05) is 24.5 Å². The number of carbonyl (C=O) groups is 1. The highest BCUT2D eigenvalue weighted by molar-refractivity contribution is 6.03. The maximum Gasteiger partial charge on any atom is 0.274 e. The summed E-state index contributed by atoms with van der Waals surface area (Å²) < 4.78 is 5.56. The zero-order chi connectivity index (χ0) is 17.6. The van der Waals surface area contributed by atoms with Crippen LogP contribution < -0.4 is 10.6 Å². The SMILES string of the molecule is Cc1cc(C(=O)Nc2cccc(C#N)c2)nc(NCC2CCCO2)n1. The van der Waals surface area contributed by atoms with Gasteiger partial charge in [-0.2, -0.15) is 5.26 Å².